The Kier molecular flexibility index (Phi) is 10.6. The number of halogens is 2. The molecule has 0 unspecified atom stereocenters. The van der Waals surface area contributed by atoms with Crippen molar-refractivity contribution in [1.82, 2.24) is 31.2 Å². The largest absolute Gasteiger partial charge is 0.481 e. The number of hydrogen-bond donors (Lipinski definition) is 4. The van der Waals surface area contributed by atoms with E-state index in [4.69, 9.17) is 42.6 Å². The van der Waals surface area contributed by atoms with E-state index in [9.17, 15) is 9.59 Å². The highest BCUT2D eigenvalue weighted by atomic mass is 35.5. The minimum absolute atomic E-state index is 0.0863. The molecule has 2 aliphatic heterocycles. The Morgan fingerprint density at radius 1 is 0.660 bits per heavy atom. The van der Waals surface area contributed by atoms with Crippen LogP contribution in [0.1, 0.15) is 50.7 Å². The summed E-state index contributed by atoms with van der Waals surface area (Å²) in [5, 5.41) is 14.0. The summed E-state index contributed by atoms with van der Waals surface area (Å²) in [6.45, 7) is 6.45. The van der Waals surface area contributed by atoms with Crippen LogP contribution in [0.4, 0.5) is 0 Å². The van der Waals surface area contributed by atoms with Gasteiger partial charge in [0.15, 0.2) is 0 Å². The van der Waals surface area contributed by atoms with Crippen molar-refractivity contribution in [1.29, 1.82) is 0 Å². The number of nitrogens with zero attached hydrogens (tertiary/aromatic N) is 2. The van der Waals surface area contributed by atoms with Gasteiger partial charge in [-0.3, -0.25) is 9.59 Å². The van der Waals surface area contributed by atoms with Crippen molar-refractivity contribution in [3.05, 3.63) is 81.8 Å². The Hall–Kier alpha value is -4.22. The molecule has 0 radical (unpaired) electrons. The van der Waals surface area contributed by atoms with Gasteiger partial charge in [0.05, 0.1) is 46.7 Å². The third-order valence-corrected chi connectivity index (χ3v) is 10.3. The van der Waals surface area contributed by atoms with Crippen LogP contribution in [-0.2, 0) is 22.7 Å². The van der Waals surface area contributed by atoms with Gasteiger partial charge in [-0.2, -0.15) is 0 Å². The van der Waals surface area contributed by atoms with Gasteiger partial charge in [-0.05, 0) is 38.8 Å². The summed E-state index contributed by atoms with van der Waals surface area (Å²) in [6.07, 6.45) is 2.70. The van der Waals surface area contributed by atoms with Crippen LogP contribution in [0.3, 0.4) is 0 Å². The van der Waals surface area contributed by atoms with Crippen LogP contribution >= 0.6 is 23.2 Å². The number of carbonyl (C=O) groups is 2. The molecule has 2 amide bonds. The summed E-state index contributed by atoms with van der Waals surface area (Å²) in [5.41, 5.74) is 5.61. The van der Waals surface area contributed by atoms with Gasteiger partial charge in [0.1, 0.15) is 0 Å². The predicted octanol–water partition coefficient (Wildman–Crippen LogP) is 6.32. The lowest BCUT2D eigenvalue weighted by molar-refractivity contribution is -0.120. The quantitative estimate of drug-likeness (QED) is 0.127. The zero-order valence-electron chi connectivity index (χ0n) is 28.7. The van der Waals surface area contributed by atoms with E-state index in [0.29, 0.717) is 72.2 Å². The number of carbonyl (C=O) groups excluding carboxylic acids is 2. The van der Waals surface area contributed by atoms with Crippen molar-refractivity contribution in [2.45, 2.75) is 63.7 Å². The fraction of sp³-hybridized carbons (Fsp3) is 0.368. The van der Waals surface area contributed by atoms with E-state index in [0.717, 1.165) is 46.2 Å². The molecule has 2 fully saturated rings. The highest BCUT2D eigenvalue weighted by Crippen LogP contribution is 2.42. The average molecular weight is 718 g/mol. The van der Waals surface area contributed by atoms with Crippen LogP contribution in [0.5, 0.6) is 11.8 Å². The Bertz CT molecular complexity index is 1790. The molecule has 4 N–H and O–H groups in total. The molecule has 4 aromatic rings. The summed E-state index contributed by atoms with van der Waals surface area (Å²) < 4.78 is 11.3. The molecule has 50 heavy (non-hydrogen) atoms. The van der Waals surface area contributed by atoms with E-state index < -0.39 is 0 Å². The summed E-state index contributed by atoms with van der Waals surface area (Å²) in [7, 11) is 3.20. The third kappa shape index (κ3) is 7.73. The van der Waals surface area contributed by atoms with Crippen LogP contribution in [-0.4, -0.2) is 60.2 Å². The molecule has 0 spiro atoms. The van der Waals surface area contributed by atoms with Crippen molar-refractivity contribution in [2.75, 3.05) is 27.3 Å². The molecule has 12 heteroatoms. The van der Waals surface area contributed by atoms with Crippen LogP contribution in [0.25, 0.3) is 33.6 Å². The first-order chi connectivity index (χ1) is 24.0. The van der Waals surface area contributed by atoms with Crippen molar-refractivity contribution >= 4 is 35.0 Å². The van der Waals surface area contributed by atoms with Gasteiger partial charge < -0.3 is 30.7 Å². The number of aromatic nitrogens is 2. The molecule has 2 aromatic heterocycles. The fourth-order valence-electron chi connectivity index (χ4n) is 6.65. The molecule has 2 atom stereocenters. The second-order valence-corrected chi connectivity index (χ2v) is 14.2. The average Bonchev–Trinajstić information content (AvgIpc) is 3.64. The Morgan fingerprint density at radius 3 is 1.42 bits per heavy atom. The normalized spacial score (nSPS) is 20.1. The first kappa shape index (κ1) is 35.6. The second kappa shape index (κ2) is 14.9. The Labute approximate surface area is 302 Å². The van der Waals surface area contributed by atoms with Crippen molar-refractivity contribution < 1.29 is 19.1 Å². The van der Waals surface area contributed by atoms with E-state index >= 15 is 0 Å². The number of rotatable bonds is 13. The summed E-state index contributed by atoms with van der Waals surface area (Å²) in [6, 6.07) is 19.4. The predicted molar refractivity (Wildman–Crippen MR) is 196 cm³/mol. The molecule has 262 valence electrons. The minimum Gasteiger partial charge on any atom is -0.481 e. The lowest BCUT2D eigenvalue weighted by atomic mass is 9.98. The van der Waals surface area contributed by atoms with Gasteiger partial charge in [-0.15, -0.1) is 0 Å². The number of pyridine rings is 2. The maximum absolute atomic E-state index is 11.7. The molecule has 2 aromatic carbocycles. The standard InChI is InChI=1S/C38H42Cl2N6O4/c1-37(17-15-31(47)45-37)21-41-19-23-11-13-29(43-35(23)49-3)27-9-5-7-25(33(27)39)26-8-6-10-28(34(26)40)30-14-12-24(36(44-30)50-4)20-42-22-38(2)18-16-32(48)46-38/h5-14,41-42H,15-22H2,1-4H3,(H,45,47)(H,46,48)/t37-,38-/m0/s1. The first-order valence-corrected chi connectivity index (χ1v) is 17.5. The monoisotopic (exact) mass is 716 g/mol. The van der Waals surface area contributed by atoms with Crippen LogP contribution in [0, 0.1) is 0 Å². The topological polar surface area (TPSA) is 126 Å². The molecule has 2 saturated heterocycles. The van der Waals surface area contributed by atoms with Gasteiger partial charge in [0.25, 0.3) is 0 Å². The second-order valence-electron chi connectivity index (χ2n) is 13.5. The lowest BCUT2D eigenvalue weighted by Gasteiger charge is -2.24. The number of benzene rings is 2. The minimum atomic E-state index is -0.261. The molecule has 0 bridgehead atoms. The van der Waals surface area contributed by atoms with E-state index in [-0.39, 0.29) is 22.9 Å². The fourth-order valence-corrected chi connectivity index (χ4v) is 7.30. The van der Waals surface area contributed by atoms with Crippen LogP contribution in [0.15, 0.2) is 60.7 Å². The number of hydrogen-bond acceptors (Lipinski definition) is 8. The van der Waals surface area contributed by atoms with Gasteiger partial charge in [-0.25, -0.2) is 9.97 Å². The van der Waals surface area contributed by atoms with Crippen molar-refractivity contribution in [3.63, 3.8) is 0 Å². The third-order valence-electron chi connectivity index (χ3n) is 9.46. The van der Waals surface area contributed by atoms with Gasteiger partial charge in [-0.1, -0.05) is 71.7 Å². The zero-order valence-corrected chi connectivity index (χ0v) is 30.2. The molecular formula is C38H42Cl2N6O4. The molecule has 0 aliphatic carbocycles. The zero-order chi connectivity index (χ0) is 35.5. The molecule has 0 saturated carbocycles. The molecule has 2 aliphatic rings. The Balaban J connectivity index is 1.20. The number of amides is 2. The highest BCUT2D eigenvalue weighted by molar-refractivity contribution is 6.39. The van der Waals surface area contributed by atoms with Gasteiger partial charge >= 0.3 is 0 Å². The van der Waals surface area contributed by atoms with Crippen molar-refractivity contribution in [2.24, 2.45) is 0 Å². The summed E-state index contributed by atoms with van der Waals surface area (Å²) in [5.74, 6) is 1.16. The summed E-state index contributed by atoms with van der Waals surface area (Å²) in [4.78, 5) is 33.0. The van der Waals surface area contributed by atoms with Gasteiger partial charge in [0, 0.05) is 72.4 Å². The number of nitrogens with one attached hydrogen (secondary N) is 4. The van der Waals surface area contributed by atoms with Crippen molar-refractivity contribution in [3.8, 4) is 45.4 Å². The number of methoxy groups -OCH3 is 2. The van der Waals surface area contributed by atoms with E-state index in [1.165, 1.54) is 0 Å². The SMILES string of the molecule is COc1nc(-c2cccc(-c3cccc(-c4ccc(CNC[C@]5(C)CCC(=O)N5)c(OC)n4)c3Cl)c2Cl)ccc1CNC[C@]1(C)CCC(=O)N1. The van der Waals surface area contributed by atoms with Gasteiger partial charge in [0.2, 0.25) is 23.6 Å². The maximum Gasteiger partial charge on any atom is 0.220 e. The smallest absolute Gasteiger partial charge is 0.220 e. The molecule has 10 nitrogen and oxygen atoms in total. The Morgan fingerprint density at radius 2 is 1.06 bits per heavy atom. The maximum atomic E-state index is 11.7. The highest BCUT2D eigenvalue weighted by Gasteiger charge is 2.33. The van der Waals surface area contributed by atoms with Crippen LogP contribution in [0.2, 0.25) is 10.0 Å². The van der Waals surface area contributed by atoms with Crippen LogP contribution < -0.4 is 30.7 Å². The molecular weight excluding hydrogens is 675 g/mol. The molecule has 4 heterocycles. The molecule has 6 rings (SSSR count). The lowest BCUT2D eigenvalue weighted by Crippen LogP contribution is -2.46. The first-order valence-electron chi connectivity index (χ1n) is 16.7. The van der Waals surface area contributed by atoms with E-state index in [1.54, 1.807) is 14.2 Å². The van der Waals surface area contributed by atoms with E-state index in [1.807, 2.05) is 74.5 Å². The number of ether oxygens (including phenoxy) is 2. The summed E-state index contributed by atoms with van der Waals surface area (Å²) >= 11 is 14.2. The van der Waals surface area contributed by atoms with E-state index in [2.05, 4.69) is 21.3 Å².